The molecule has 2 atom stereocenters. The summed E-state index contributed by atoms with van der Waals surface area (Å²) in [5, 5.41) is 0. The lowest BCUT2D eigenvalue weighted by atomic mass is 10.0. The van der Waals surface area contributed by atoms with Crippen LogP contribution in [0.5, 0.6) is 0 Å². The lowest BCUT2D eigenvalue weighted by Crippen LogP contribution is -2.31. The van der Waals surface area contributed by atoms with E-state index < -0.39 is 47.9 Å². The van der Waals surface area contributed by atoms with Gasteiger partial charge in [0.15, 0.2) is 0 Å². The molecule has 2 rings (SSSR count). The fourth-order valence-corrected chi connectivity index (χ4v) is 7.69. The number of benzene rings is 2. The van der Waals surface area contributed by atoms with Gasteiger partial charge in [-0.25, -0.2) is 0 Å². The monoisotopic (exact) mass is 542 g/mol. The third-order valence-electron chi connectivity index (χ3n) is 6.44. The summed E-state index contributed by atoms with van der Waals surface area (Å²) >= 11 is 0. The van der Waals surface area contributed by atoms with Crippen LogP contribution in [-0.4, -0.2) is 41.5 Å². The molecular formula is C31H43O6P. The summed E-state index contributed by atoms with van der Waals surface area (Å²) in [7, 11) is -4.29. The maximum Gasteiger partial charge on any atom is 0.309 e. The number of carbonyl (C=O) groups is 3. The second-order valence-electron chi connectivity index (χ2n) is 11.7. The van der Waals surface area contributed by atoms with E-state index in [0.29, 0.717) is 22.3 Å². The number of esters is 1. The summed E-state index contributed by atoms with van der Waals surface area (Å²) in [4.78, 5) is 41.1. The molecule has 7 heteroatoms. The number of aryl methyl sites for hydroxylation is 6. The van der Waals surface area contributed by atoms with Crippen molar-refractivity contribution < 1.29 is 28.4 Å². The number of rotatable bonds is 10. The quantitative estimate of drug-likeness (QED) is 0.232. The summed E-state index contributed by atoms with van der Waals surface area (Å²) in [6, 6.07) is 7.36. The minimum atomic E-state index is -4.29. The van der Waals surface area contributed by atoms with Crippen molar-refractivity contribution in [2.75, 3.05) is 12.8 Å². The van der Waals surface area contributed by atoms with E-state index in [9.17, 15) is 18.9 Å². The third-order valence-corrected chi connectivity index (χ3v) is 9.26. The van der Waals surface area contributed by atoms with E-state index in [0.717, 1.165) is 11.1 Å². The van der Waals surface area contributed by atoms with Crippen LogP contribution < -0.4 is 0 Å². The molecule has 0 fully saturated rings. The fraction of sp³-hybridized carbons (Fsp3) is 0.516. The summed E-state index contributed by atoms with van der Waals surface area (Å²) in [5.41, 5.74) is 3.29. The molecule has 6 nitrogen and oxygen atoms in total. The highest BCUT2D eigenvalue weighted by molar-refractivity contribution is 7.95. The first kappa shape index (κ1) is 31.7. The molecule has 0 saturated heterocycles. The Balaban J connectivity index is 2.52. The Morgan fingerprint density at radius 1 is 0.763 bits per heavy atom. The van der Waals surface area contributed by atoms with E-state index in [2.05, 4.69) is 0 Å². The Morgan fingerprint density at radius 3 is 1.47 bits per heavy atom. The topological polar surface area (TPSA) is 86.7 Å². The van der Waals surface area contributed by atoms with E-state index >= 15 is 0 Å². The van der Waals surface area contributed by atoms with Crippen LogP contribution in [0, 0.1) is 47.5 Å². The molecule has 0 heterocycles. The van der Waals surface area contributed by atoms with Crippen molar-refractivity contribution in [2.24, 2.45) is 5.92 Å². The van der Waals surface area contributed by atoms with Gasteiger partial charge < -0.3 is 14.0 Å². The van der Waals surface area contributed by atoms with Gasteiger partial charge in [0.05, 0.1) is 18.1 Å². The van der Waals surface area contributed by atoms with Crippen molar-refractivity contribution in [3.05, 3.63) is 68.8 Å². The molecule has 0 saturated carbocycles. The van der Waals surface area contributed by atoms with Gasteiger partial charge in [-0.2, -0.15) is 0 Å². The van der Waals surface area contributed by atoms with Crippen molar-refractivity contribution in [1.29, 1.82) is 0 Å². The van der Waals surface area contributed by atoms with Crippen LogP contribution in [0.15, 0.2) is 24.3 Å². The molecule has 38 heavy (non-hydrogen) atoms. The van der Waals surface area contributed by atoms with Crippen LogP contribution in [0.3, 0.4) is 0 Å². The maximum atomic E-state index is 14.7. The molecule has 2 aromatic rings. The number of hydrogen-bond acceptors (Lipinski definition) is 6. The average Bonchev–Trinajstić information content (AvgIpc) is 2.75. The first-order valence-electron chi connectivity index (χ1n) is 13.1. The van der Waals surface area contributed by atoms with Crippen LogP contribution in [0.25, 0.3) is 0 Å². The van der Waals surface area contributed by atoms with Gasteiger partial charge in [-0.05, 0) is 91.5 Å². The minimum Gasteiger partial charge on any atom is -0.460 e. The van der Waals surface area contributed by atoms with Crippen LogP contribution >= 0.6 is 7.14 Å². The van der Waals surface area contributed by atoms with Crippen molar-refractivity contribution in [1.82, 2.24) is 0 Å². The van der Waals surface area contributed by atoms with Crippen molar-refractivity contribution >= 4 is 24.2 Å². The molecule has 0 aliphatic carbocycles. The van der Waals surface area contributed by atoms with Crippen LogP contribution in [0.4, 0.5) is 0 Å². The van der Waals surface area contributed by atoms with E-state index in [-0.39, 0.29) is 17.7 Å². The molecule has 0 aromatic heterocycles. The predicted octanol–water partition coefficient (Wildman–Crippen LogP) is 7.26. The summed E-state index contributed by atoms with van der Waals surface area (Å²) in [5.74, 6) is -1.56. The van der Waals surface area contributed by atoms with Gasteiger partial charge >= 0.3 is 5.97 Å². The third kappa shape index (κ3) is 7.51. The molecule has 0 bridgehead atoms. The number of ether oxygens (including phenoxy) is 2. The SMILES string of the molecule is Cc1cc(C)c(C(=O)P(=O)(CC(C)C(=O)OC(C)COC(C)(C)C)C(=O)c2c(C)cc(C)cc2C)c(C)c1. The minimum absolute atomic E-state index is 0.195. The highest BCUT2D eigenvalue weighted by atomic mass is 31.2. The Kier molecular flexibility index (Phi) is 10.1. The zero-order valence-electron chi connectivity index (χ0n) is 24.8. The molecule has 2 unspecified atom stereocenters. The standard InChI is InChI=1S/C31H43O6P/c1-18-12-20(3)26(21(4)13-18)29(33)38(35,30(34)27-22(5)14-19(2)15-23(27)6)17-24(7)28(32)37-25(8)16-36-31(9,10)11/h12-15,24-25H,16-17H2,1-11H3. The molecule has 0 N–H and O–H groups in total. The Hall–Kier alpha value is -2.56. The first-order valence-corrected chi connectivity index (χ1v) is 15.0. The van der Waals surface area contributed by atoms with Gasteiger partial charge in [0, 0.05) is 17.3 Å². The van der Waals surface area contributed by atoms with Crippen molar-refractivity contribution in [2.45, 2.75) is 87.9 Å². The molecule has 0 spiro atoms. The molecule has 0 aliphatic rings. The smallest absolute Gasteiger partial charge is 0.309 e. The Morgan fingerprint density at radius 2 is 1.13 bits per heavy atom. The summed E-state index contributed by atoms with van der Waals surface area (Å²) < 4.78 is 26.0. The van der Waals surface area contributed by atoms with Gasteiger partial charge in [-0.3, -0.25) is 14.4 Å². The molecule has 0 amide bonds. The second-order valence-corrected chi connectivity index (χ2v) is 14.3. The zero-order chi connectivity index (χ0) is 29.2. The average molecular weight is 543 g/mol. The van der Waals surface area contributed by atoms with Gasteiger partial charge in [-0.15, -0.1) is 0 Å². The molecule has 0 aliphatic heterocycles. The summed E-state index contributed by atoms with van der Waals surface area (Å²) in [6.45, 7) is 20.1. The molecule has 2 aromatic carbocycles. The van der Waals surface area contributed by atoms with E-state index in [1.165, 1.54) is 0 Å². The van der Waals surface area contributed by atoms with Crippen molar-refractivity contribution in [3.63, 3.8) is 0 Å². The lowest BCUT2D eigenvalue weighted by Gasteiger charge is -2.25. The highest BCUT2D eigenvalue weighted by Crippen LogP contribution is 2.55. The molecule has 208 valence electrons. The van der Waals surface area contributed by atoms with Gasteiger partial charge in [0.1, 0.15) is 6.10 Å². The van der Waals surface area contributed by atoms with Gasteiger partial charge in [0.25, 0.3) is 0 Å². The van der Waals surface area contributed by atoms with E-state index in [4.69, 9.17) is 9.47 Å². The molecule has 0 radical (unpaired) electrons. The maximum absolute atomic E-state index is 14.7. The summed E-state index contributed by atoms with van der Waals surface area (Å²) in [6.07, 6.45) is -0.950. The second kappa shape index (κ2) is 12.1. The van der Waals surface area contributed by atoms with Gasteiger partial charge in [0.2, 0.25) is 18.2 Å². The largest absolute Gasteiger partial charge is 0.460 e. The van der Waals surface area contributed by atoms with E-state index in [1.807, 2.05) is 58.9 Å². The van der Waals surface area contributed by atoms with Crippen LogP contribution in [0.2, 0.25) is 0 Å². The predicted molar refractivity (Wildman–Crippen MR) is 153 cm³/mol. The molecular weight excluding hydrogens is 499 g/mol. The van der Waals surface area contributed by atoms with Crippen LogP contribution in [-0.2, 0) is 18.8 Å². The highest BCUT2D eigenvalue weighted by Gasteiger charge is 2.45. The van der Waals surface area contributed by atoms with Crippen LogP contribution in [0.1, 0.15) is 88.7 Å². The lowest BCUT2D eigenvalue weighted by molar-refractivity contribution is -0.157. The number of hydrogen-bond donors (Lipinski definition) is 0. The number of carbonyl (C=O) groups excluding carboxylic acids is 3. The van der Waals surface area contributed by atoms with Gasteiger partial charge in [-0.1, -0.05) is 42.3 Å². The van der Waals surface area contributed by atoms with E-state index in [1.54, 1.807) is 41.5 Å². The zero-order valence-corrected chi connectivity index (χ0v) is 25.7. The first-order chi connectivity index (χ1) is 17.4. The normalized spacial score (nSPS) is 13.7. The van der Waals surface area contributed by atoms with Crippen molar-refractivity contribution in [3.8, 4) is 0 Å². The fourth-order valence-electron chi connectivity index (χ4n) is 4.83. The Bertz CT molecular complexity index is 1160. The Labute approximate surface area is 227 Å².